The fraction of sp³-hybridized carbons (Fsp3) is 0.0714. The van der Waals surface area contributed by atoms with Gasteiger partial charge in [-0.3, -0.25) is 4.57 Å². The van der Waals surface area contributed by atoms with Crippen molar-refractivity contribution in [2.45, 2.75) is 6.92 Å². The lowest BCUT2D eigenvalue weighted by Gasteiger charge is -2.10. The SMILES string of the molecule is Cc1cc(Br)ccc1-n1c(N)nc2c(F)cccc21. The molecule has 0 aliphatic carbocycles. The second-order valence-corrected chi connectivity index (χ2v) is 5.26. The molecule has 0 saturated carbocycles. The molecule has 0 atom stereocenters. The summed E-state index contributed by atoms with van der Waals surface area (Å²) < 4.78 is 16.5. The fourth-order valence-electron chi connectivity index (χ4n) is 2.21. The Kier molecular flexibility index (Phi) is 2.78. The molecule has 5 heteroatoms. The zero-order valence-electron chi connectivity index (χ0n) is 10.2. The Bertz CT molecular complexity index is 780. The molecule has 3 aromatic rings. The summed E-state index contributed by atoms with van der Waals surface area (Å²) >= 11 is 3.42. The number of anilines is 1. The fourth-order valence-corrected chi connectivity index (χ4v) is 2.68. The lowest BCUT2D eigenvalue weighted by Crippen LogP contribution is -2.02. The standard InChI is InChI=1S/C14H11BrFN3/c1-8-7-9(15)5-6-11(8)19-12-4-2-3-10(16)13(12)18-14(19)17/h2-7H,1H3,(H2,17,18). The second-order valence-electron chi connectivity index (χ2n) is 4.34. The van der Waals surface area contributed by atoms with Gasteiger partial charge in [-0.25, -0.2) is 9.37 Å². The minimum absolute atomic E-state index is 0.283. The van der Waals surface area contributed by atoms with Gasteiger partial charge in [0.15, 0.2) is 5.82 Å². The summed E-state index contributed by atoms with van der Waals surface area (Å²) in [6, 6.07) is 10.7. The Hall–Kier alpha value is -1.88. The average molecular weight is 320 g/mol. The van der Waals surface area contributed by atoms with Gasteiger partial charge in [-0.05, 0) is 42.8 Å². The van der Waals surface area contributed by atoms with Crippen molar-refractivity contribution in [2.75, 3.05) is 5.73 Å². The number of nitrogen functional groups attached to an aromatic ring is 1. The summed E-state index contributed by atoms with van der Waals surface area (Å²) in [6.07, 6.45) is 0. The van der Waals surface area contributed by atoms with Crippen LogP contribution in [0.1, 0.15) is 5.56 Å². The lowest BCUT2D eigenvalue weighted by molar-refractivity contribution is 0.637. The molecule has 0 radical (unpaired) electrons. The largest absolute Gasteiger partial charge is 0.369 e. The van der Waals surface area contributed by atoms with Crippen LogP contribution in [0, 0.1) is 12.7 Å². The number of aryl methyl sites for hydroxylation is 1. The van der Waals surface area contributed by atoms with E-state index in [-0.39, 0.29) is 11.8 Å². The highest BCUT2D eigenvalue weighted by Gasteiger charge is 2.14. The molecule has 0 aliphatic heterocycles. The third-order valence-corrected chi connectivity index (χ3v) is 3.55. The van der Waals surface area contributed by atoms with Crippen molar-refractivity contribution in [3.63, 3.8) is 0 Å². The van der Waals surface area contributed by atoms with Gasteiger partial charge < -0.3 is 5.73 Å². The second kappa shape index (κ2) is 4.35. The molecular weight excluding hydrogens is 309 g/mol. The summed E-state index contributed by atoms with van der Waals surface area (Å²) in [7, 11) is 0. The molecule has 0 amide bonds. The molecule has 0 spiro atoms. The summed E-state index contributed by atoms with van der Waals surface area (Å²) in [6.45, 7) is 1.98. The van der Waals surface area contributed by atoms with Gasteiger partial charge in [0.2, 0.25) is 5.95 Å². The Morgan fingerprint density at radius 1 is 1.26 bits per heavy atom. The monoisotopic (exact) mass is 319 g/mol. The van der Waals surface area contributed by atoms with Crippen LogP contribution in [0.2, 0.25) is 0 Å². The van der Waals surface area contributed by atoms with E-state index in [9.17, 15) is 4.39 Å². The predicted molar refractivity (Wildman–Crippen MR) is 77.9 cm³/mol. The molecule has 3 rings (SSSR count). The first-order chi connectivity index (χ1) is 9.08. The van der Waals surface area contributed by atoms with Crippen LogP contribution < -0.4 is 5.73 Å². The highest BCUT2D eigenvalue weighted by atomic mass is 79.9. The van der Waals surface area contributed by atoms with Crippen molar-refractivity contribution in [1.29, 1.82) is 0 Å². The van der Waals surface area contributed by atoms with Crippen LogP contribution in [0.5, 0.6) is 0 Å². The van der Waals surface area contributed by atoms with Crippen LogP contribution in [0.4, 0.5) is 10.3 Å². The van der Waals surface area contributed by atoms with Crippen LogP contribution in [0.15, 0.2) is 40.9 Å². The minimum atomic E-state index is -0.363. The van der Waals surface area contributed by atoms with Crippen LogP contribution in [0.3, 0.4) is 0 Å². The molecule has 3 nitrogen and oxygen atoms in total. The van der Waals surface area contributed by atoms with Crippen LogP contribution in [-0.2, 0) is 0 Å². The smallest absolute Gasteiger partial charge is 0.206 e. The number of hydrogen-bond donors (Lipinski definition) is 1. The summed E-state index contributed by atoms with van der Waals surface area (Å²) in [5.74, 6) is -0.0803. The van der Waals surface area contributed by atoms with Gasteiger partial charge >= 0.3 is 0 Å². The molecule has 0 unspecified atom stereocenters. The molecule has 2 aromatic carbocycles. The van der Waals surface area contributed by atoms with Crippen molar-refractivity contribution in [3.05, 3.63) is 52.3 Å². The maximum atomic E-state index is 13.7. The van der Waals surface area contributed by atoms with Gasteiger partial charge in [0, 0.05) is 4.47 Å². The number of benzene rings is 2. The number of hydrogen-bond acceptors (Lipinski definition) is 2. The van der Waals surface area contributed by atoms with E-state index in [0.717, 1.165) is 15.7 Å². The van der Waals surface area contributed by atoms with Gasteiger partial charge in [0.1, 0.15) is 5.52 Å². The topological polar surface area (TPSA) is 43.8 Å². The lowest BCUT2D eigenvalue weighted by atomic mass is 10.2. The molecule has 0 aliphatic rings. The average Bonchev–Trinajstić information content (AvgIpc) is 2.68. The first-order valence-corrected chi connectivity index (χ1v) is 6.56. The third-order valence-electron chi connectivity index (χ3n) is 3.06. The molecule has 0 fully saturated rings. The number of para-hydroxylation sites is 1. The molecule has 2 N–H and O–H groups in total. The number of halogens is 2. The van der Waals surface area contributed by atoms with Crippen molar-refractivity contribution in [1.82, 2.24) is 9.55 Å². The number of nitrogens with zero attached hydrogens (tertiary/aromatic N) is 2. The minimum Gasteiger partial charge on any atom is -0.369 e. The maximum absolute atomic E-state index is 13.7. The first kappa shape index (κ1) is 12.2. The van der Waals surface area contributed by atoms with E-state index in [1.807, 2.05) is 31.2 Å². The zero-order chi connectivity index (χ0) is 13.6. The summed E-state index contributed by atoms with van der Waals surface area (Å²) in [5.41, 5.74) is 8.83. The Morgan fingerprint density at radius 2 is 2.05 bits per heavy atom. The van der Waals surface area contributed by atoms with E-state index in [1.165, 1.54) is 6.07 Å². The van der Waals surface area contributed by atoms with E-state index in [0.29, 0.717) is 11.0 Å². The van der Waals surface area contributed by atoms with Crippen molar-refractivity contribution in [2.24, 2.45) is 0 Å². The van der Waals surface area contributed by atoms with Crippen molar-refractivity contribution < 1.29 is 4.39 Å². The van der Waals surface area contributed by atoms with Crippen LogP contribution in [-0.4, -0.2) is 9.55 Å². The number of nitrogens with two attached hydrogens (primary N) is 1. The van der Waals surface area contributed by atoms with Gasteiger partial charge in [-0.1, -0.05) is 22.0 Å². The third kappa shape index (κ3) is 1.90. The molecule has 0 bridgehead atoms. The Balaban J connectivity index is 2.36. The Morgan fingerprint density at radius 3 is 2.79 bits per heavy atom. The predicted octanol–water partition coefficient (Wildman–Crippen LogP) is 3.82. The molecule has 1 heterocycles. The van der Waals surface area contributed by atoms with Crippen LogP contribution in [0.25, 0.3) is 16.7 Å². The molecule has 19 heavy (non-hydrogen) atoms. The quantitative estimate of drug-likeness (QED) is 0.741. The molecule has 0 saturated heterocycles. The van der Waals surface area contributed by atoms with E-state index in [2.05, 4.69) is 20.9 Å². The van der Waals surface area contributed by atoms with Crippen molar-refractivity contribution in [3.8, 4) is 5.69 Å². The number of imidazole rings is 1. The van der Waals surface area contributed by atoms with Gasteiger partial charge in [-0.2, -0.15) is 0 Å². The van der Waals surface area contributed by atoms with E-state index in [1.54, 1.807) is 10.6 Å². The number of fused-ring (bicyclic) bond motifs is 1. The van der Waals surface area contributed by atoms with Gasteiger partial charge in [0.25, 0.3) is 0 Å². The van der Waals surface area contributed by atoms with E-state index >= 15 is 0 Å². The summed E-state index contributed by atoms with van der Waals surface area (Å²) in [5, 5.41) is 0. The summed E-state index contributed by atoms with van der Waals surface area (Å²) in [4.78, 5) is 4.11. The number of rotatable bonds is 1. The highest BCUT2D eigenvalue weighted by Crippen LogP contribution is 2.27. The first-order valence-electron chi connectivity index (χ1n) is 5.77. The van der Waals surface area contributed by atoms with Gasteiger partial charge in [-0.15, -0.1) is 0 Å². The number of aromatic nitrogens is 2. The van der Waals surface area contributed by atoms with E-state index < -0.39 is 0 Å². The normalized spacial score (nSPS) is 11.1. The molecule has 96 valence electrons. The maximum Gasteiger partial charge on any atom is 0.206 e. The molecule has 1 aromatic heterocycles. The van der Waals surface area contributed by atoms with Crippen molar-refractivity contribution >= 4 is 32.9 Å². The zero-order valence-corrected chi connectivity index (χ0v) is 11.8. The Labute approximate surface area is 118 Å². The van der Waals surface area contributed by atoms with E-state index in [4.69, 9.17) is 5.73 Å². The molecular formula is C14H11BrFN3. The highest BCUT2D eigenvalue weighted by molar-refractivity contribution is 9.10. The van der Waals surface area contributed by atoms with Gasteiger partial charge in [0.05, 0.1) is 11.2 Å². The van der Waals surface area contributed by atoms with Crippen LogP contribution >= 0.6 is 15.9 Å².